The summed E-state index contributed by atoms with van der Waals surface area (Å²) in [4.78, 5) is 16.7. The third-order valence-corrected chi connectivity index (χ3v) is 4.64. The first-order valence-electron chi connectivity index (χ1n) is 9.13. The monoisotopic (exact) mass is 399 g/mol. The maximum Gasteiger partial charge on any atom is 0.188 e. The number of allylic oxidation sites excluding steroid dienone is 2. The number of rotatable bonds is 6. The van der Waals surface area contributed by atoms with Crippen LogP contribution >= 0.6 is 0 Å². The van der Waals surface area contributed by atoms with Gasteiger partial charge in [0.15, 0.2) is 5.78 Å². The lowest BCUT2D eigenvalue weighted by atomic mass is 10.1. The van der Waals surface area contributed by atoms with Crippen molar-refractivity contribution in [2.75, 3.05) is 5.01 Å². The number of nitrogens with zero attached hydrogens (tertiary/aromatic N) is 4. The molecule has 0 aliphatic heterocycles. The van der Waals surface area contributed by atoms with Gasteiger partial charge in [-0.15, -0.1) is 0 Å². The minimum absolute atomic E-state index is 0.171. The third kappa shape index (κ3) is 3.74. The molecule has 148 valence electrons. The lowest BCUT2D eigenvalue weighted by Crippen LogP contribution is -2.24. The Balaban J connectivity index is 1.54. The van der Waals surface area contributed by atoms with Crippen molar-refractivity contribution in [3.05, 3.63) is 104 Å². The highest BCUT2D eigenvalue weighted by Gasteiger charge is 2.15. The Morgan fingerprint density at radius 1 is 1.10 bits per heavy atom. The largest absolute Gasteiger partial charge is 0.289 e. The second kappa shape index (κ2) is 8.10. The number of carbonyl (C=O) groups excluding carboxylic acids is 1. The van der Waals surface area contributed by atoms with Gasteiger partial charge in [-0.05, 0) is 41.8 Å². The Kier molecular flexibility index (Phi) is 5.19. The molecule has 7 heteroatoms. The van der Waals surface area contributed by atoms with Gasteiger partial charge in [-0.3, -0.25) is 14.8 Å². The highest BCUT2D eigenvalue weighted by atomic mass is 19.1. The van der Waals surface area contributed by atoms with Crippen molar-refractivity contribution in [1.82, 2.24) is 14.8 Å². The zero-order chi connectivity index (χ0) is 21.1. The van der Waals surface area contributed by atoms with Gasteiger partial charge in [0.1, 0.15) is 11.5 Å². The SMILES string of the molecule is C=C(C(=O)/C=C\N(N)c1ccc2cnccc2c1)c1ccnn1-c1ccccc1F. The number of para-hydroxylation sites is 1. The summed E-state index contributed by atoms with van der Waals surface area (Å²) in [5.74, 6) is 5.26. The lowest BCUT2D eigenvalue weighted by molar-refractivity contribution is -0.109. The van der Waals surface area contributed by atoms with Crippen molar-refractivity contribution in [2.45, 2.75) is 0 Å². The van der Waals surface area contributed by atoms with E-state index >= 15 is 0 Å². The van der Waals surface area contributed by atoms with Crippen LogP contribution in [0.1, 0.15) is 5.69 Å². The van der Waals surface area contributed by atoms with E-state index in [2.05, 4.69) is 16.7 Å². The van der Waals surface area contributed by atoms with Crippen molar-refractivity contribution >= 4 is 27.8 Å². The van der Waals surface area contributed by atoms with Crippen molar-refractivity contribution < 1.29 is 9.18 Å². The van der Waals surface area contributed by atoms with Gasteiger partial charge in [-0.2, -0.15) is 5.10 Å². The van der Waals surface area contributed by atoms with Gasteiger partial charge in [0.25, 0.3) is 0 Å². The number of ketones is 1. The Morgan fingerprint density at radius 3 is 2.77 bits per heavy atom. The Bertz CT molecular complexity index is 1280. The maximum atomic E-state index is 14.1. The highest BCUT2D eigenvalue weighted by molar-refractivity contribution is 6.25. The molecule has 0 aliphatic carbocycles. The van der Waals surface area contributed by atoms with E-state index in [1.165, 1.54) is 34.2 Å². The molecular formula is C23H18FN5O. The van der Waals surface area contributed by atoms with E-state index in [1.807, 2.05) is 24.3 Å². The minimum Gasteiger partial charge on any atom is -0.289 e. The number of halogens is 1. The zero-order valence-corrected chi connectivity index (χ0v) is 15.9. The summed E-state index contributed by atoms with van der Waals surface area (Å²) in [6.07, 6.45) is 7.73. The van der Waals surface area contributed by atoms with Gasteiger partial charge < -0.3 is 0 Å². The van der Waals surface area contributed by atoms with Crippen molar-refractivity contribution in [1.29, 1.82) is 0 Å². The second-order valence-corrected chi connectivity index (χ2v) is 6.55. The highest BCUT2D eigenvalue weighted by Crippen LogP contribution is 2.22. The second-order valence-electron chi connectivity index (χ2n) is 6.55. The fourth-order valence-corrected chi connectivity index (χ4v) is 3.04. The minimum atomic E-state index is -0.446. The standard InChI is InChI=1S/C23H18FN5O/c1-16(21-9-12-27-29(21)22-5-3-2-4-20(22)24)23(30)10-13-28(25)19-7-6-18-15-26-11-8-17(18)14-19/h2-15H,1,25H2/b13-10-. The molecule has 0 spiro atoms. The number of pyridine rings is 1. The number of anilines is 1. The molecule has 2 aromatic heterocycles. The van der Waals surface area contributed by atoms with Crippen LogP contribution in [-0.4, -0.2) is 20.5 Å². The van der Waals surface area contributed by atoms with E-state index in [9.17, 15) is 9.18 Å². The van der Waals surface area contributed by atoms with Crippen LogP contribution in [0.2, 0.25) is 0 Å². The molecule has 0 unspecified atom stereocenters. The average Bonchev–Trinajstić information content (AvgIpc) is 3.26. The molecule has 0 atom stereocenters. The fraction of sp³-hybridized carbons (Fsp3) is 0. The van der Waals surface area contributed by atoms with Crippen LogP contribution in [0.5, 0.6) is 0 Å². The number of fused-ring (bicyclic) bond motifs is 1. The number of hydrogen-bond acceptors (Lipinski definition) is 5. The summed E-state index contributed by atoms with van der Waals surface area (Å²) in [7, 11) is 0. The summed E-state index contributed by atoms with van der Waals surface area (Å²) in [6, 6.07) is 15.3. The van der Waals surface area contributed by atoms with Crippen LogP contribution in [0.4, 0.5) is 10.1 Å². The van der Waals surface area contributed by atoms with Crippen LogP contribution in [0.3, 0.4) is 0 Å². The third-order valence-electron chi connectivity index (χ3n) is 4.64. The van der Waals surface area contributed by atoms with E-state index in [4.69, 9.17) is 5.84 Å². The number of benzene rings is 2. The van der Waals surface area contributed by atoms with Crippen molar-refractivity contribution in [3.8, 4) is 5.69 Å². The van der Waals surface area contributed by atoms with E-state index in [0.29, 0.717) is 11.4 Å². The van der Waals surface area contributed by atoms with E-state index in [1.54, 1.807) is 36.7 Å². The summed E-state index contributed by atoms with van der Waals surface area (Å²) < 4.78 is 15.5. The molecule has 0 amide bonds. The first-order valence-corrected chi connectivity index (χ1v) is 9.13. The van der Waals surface area contributed by atoms with Gasteiger partial charge in [0, 0.05) is 35.6 Å². The predicted molar refractivity (Wildman–Crippen MR) is 115 cm³/mol. The number of carbonyl (C=O) groups is 1. The van der Waals surface area contributed by atoms with Crippen molar-refractivity contribution in [2.24, 2.45) is 5.84 Å². The van der Waals surface area contributed by atoms with Crippen LogP contribution in [-0.2, 0) is 4.79 Å². The zero-order valence-electron chi connectivity index (χ0n) is 15.9. The molecular weight excluding hydrogens is 381 g/mol. The molecule has 2 aromatic carbocycles. The quantitative estimate of drug-likeness (QED) is 0.301. The maximum absolute atomic E-state index is 14.1. The van der Waals surface area contributed by atoms with Crippen LogP contribution < -0.4 is 10.9 Å². The van der Waals surface area contributed by atoms with Gasteiger partial charge in [-0.1, -0.05) is 24.8 Å². The van der Waals surface area contributed by atoms with Crippen LogP contribution in [0.15, 0.2) is 92.0 Å². The number of hydrazine groups is 1. The van der Waals surface area contributed by atoms with Gasteiger partial charge in [-0.25, -0.2) is 14.9 Å². The van der Waals surface area contributed by atoms with Crippen molar-refractivity contribution in [3.63, 3.8) is 0 Å². The summed E-state index contributed by atoms with van der Waals surface area (Å²) in [5, 5.41) is 7.44. The molecule has 0 saturated carbocycles. The molecule has 0 fully saturated rings. The molecule has 0 aliphatic rings. The average molecular weight is 399 g/mol. The summed E-state index contributed by atoms with van der Waals surface area (Å²) in [6.45, 7) is 3.85. The first kappa shape index (κ1) is 19.2. The molecule has 0 radical (unpaired) electrons. The topological polar surface area (TPSA) is 77.0 Å². The van der Waals surface area contributed by atoms with Gasteiger partial charge in [0.2, 0.25) is 0 Å². The number of hydrogen-bond donors (Lipinski definition) is 1. The first-order chi connectivity index (χ1) is 14.5. The smallest absolute Gasteiger partial charge is 0.188 e. The lowest BCUT2D eigenvalue weighted by Gasteiger charge is -2.14. The summed E-state index contributed by atoms with van der Waals surface area (Å²) in [5.41, 5.74) is 1.52. The normalized spacial score (nSPS) is 11.1. The van der Waals surface area contributed by atoms with E-state index in [0.717, 1.165) is 10.8 Å². The molecule has 2 N–H and O–H groups in total. The molecule has 4 aromatic rings. The van der Waals surface area contributed by atoms with Gasteiger partial charge >= 0.3 is 0 Å². The molecule has 0 saturated heterocycles. The van der Waals surface area contributed by atoms with Gasteiger partial charge in [0.05, 0.1) is 17.6 Å². The fourth-order valence-electron chi connectivity index (χ4n) is 3.04. The number of aromatic nitrogens is 3. The molecule has 0 bridgehead atoms. The molecule has 2 heterocycles. The summed E-state index contributed by atoms with van der Waals surface area (Å²) >= 11 is 0. The molecule has 30 heavy (non-hydrogen) atoms. The molecule has 4 rings (SSSR count). The Hall–Kier alpha value is -4.10. The van der Waals surface area contributed by atoms with Crippen LogP contribution in [0, 0.1) is 5.82 Å². The Labute approximate surface area is 172 Å². The predicted octanol–water partition coefficient (Wildman–Crippen LogP) is 4.04. The van der Waals surface area contributed by atoms with E-state index in [-0.39, 0.29) is 17.0 Å². The Morgan fingerprint density at radius 2 is 1.93 bits per heavy atom. The molecule has 6 nitrogen and oxygen atoms in total. The number of nitrogens with two attached hydrogens (primary N) is 1. The van der Waals surface area contributed by atoms with E-state index < -0.39 is 5.82 Å². The van der Waals surface area contributed by atoms with Crippen LogP contribution in [0.25, 0.3) is 22.0 Å².